The van der Waals surface area contributed by atoms with Crippen LogP contribution in [0.3, 0.4) is 0 Å². The molecule has 0 saturated heterocycles. The van der Waals surface area contributed by atoms with Crippen LogP contribution in [0, 0.1) is 5.92 Å². The van der Waals surface area contributed by atoms with E-state index in [9.17, 15) is 9.90 Å². The number of rotatable bonds is 12. The van der Waals surface area contributed by atoms with Crippen LogP contribution in [0.25, 0.3) is 21.8 Å². The maximum Gasteiger partial charge on any atom is 0.248 e. The Balaban J connectivity index is 1.06. The number of aromatic amines is 1. The molecule has 0 aliphatic carbocycles. The van der Waals surface area contributed by atoms with Gasteiger partial charge in [0.2, 0.25) is 5.91 Å². The van der Waals surface area contributed by atoms with Crippen molar-refractivity contribution in [2.24, 2.45) is 11.7 Å². The summed E-state index contributed by atoms with van der Waals surface area (Å²) in [7, 11) is 0. The van der Waals surface area contributed by atoms with Crippen LogP contribution in [0.5, 0.6) is 17.2 Å². The molecule has 0 bridgehead atoms. The zero-order valence-corrected chi connectivity index (χ0v) is 21.9. The molecule has 1 aromatic heterocycles. The minimum Gasteiger partial charge on any atom is -0.490 e. The third kappa shape index (κ3) is 6.57. The number of primary amides is 1. The van der Waals surface area contributed by atoms with E-state index in [1.807, 2.05) is 42.5 Å². The van der Waals surface area contributed by atoms with Crippen molar-refractivity contribution in [3.05, 3.63) is 102 Å². The molecule has 1 heterocycles. The molecule has 0 aliphatic heterocycles. The number of aliphatic hydroxyl groups is 1. The molecule has 7 nitrogen and oxygen atoms in total. The van der Waals surface area contributed by atoms with Crippen LogP contribution in [0.15, 0.2) is 91.0 Å². The van der Waals surface area contributed by atoms with E-state index in [2.05, 4.69) is 41.5 Å². The van der Waals surface area contributed by atoms with Crippen LogP contribution in [0.1, 0.15) is 22.8 Å². The molecule has 5 N–H and O–H groups in total. The van der Waals surface area contributed by atoms with Crippen molar-refractivity contribution in [2.75, 3.05) is 19.7 Å². The summed E-state index contributed by atoms with van der Waals surface area (Å²) >= 11 is 0. The highest BCUT2D eigenvalue weighted by Gasteiger charge is 2.12. The van der Waals surface area contributed by atoms with Crippen molar-refractivity contribution in [1.82, 2.24) is 10.3 Å². The zero-order chi connectivity index (χ0) is 27.2. The SMILES string of the molecule is CC(CNCC(O)COc1cccc2[nH]c3ccccc3c12)Cc1ccc(Oc2ccc(C(N)=O)cc2)cc1. The fraction of sp³-hybridized carbons (Fsp3) is 0.219. The third-order valence-electron chi connectivity index (χ3n) is 6.68. The number of hydrogen-bond acceptors (Lipinski definition) is 5. The largest absolute Gasteiger partial charge is 0.490 e. The molecular weight excluding hydrogens is 490 g/mol. The lowest BCUT2D eigenvalue weighted by Crippen LogP contribution is -2.34. The van der Waals surface area contributed by atoms with Crippen molar-refractivity contribution in [2.45, 2.75) is 19.4 Å². The van der Waals surface area contributed by atoms with Gasteiger partial charge in [0.15, 0.2) is 0 Å². The molecule has 7 heteroatoms. The number of H-pyrrole nitrogens is 1. The van der Waals surface area contributed by atoms with Crippen LogP contribution in [-0.2, 0) is 6.42 Å². The summed E-state index contributed by atoms with van der Waals surface area (Å²) in [5.74, 6) is 2.06. The first-order chi connectivity index (χ1) is 19.0. The third-order valence-corrected chi connectivity index (χ3v) is 6.68. The van der Waals surface area contributed by atoms with Crippen LogP contribution >= 0.6 is 0 Å². The molecule has 0 spiro atoms. The van der Waals surface area contributed by atoms with E-state index in [-0.39, 0.29) is 6.61 Å². The zero-order valence-electron chi connectivity index (χ0n) is 21.9. The molecule has 2 unspecified atom stereocenters. The van der Waals surface area contributed by atoms with E-state index >= 15 is 0 Å². The first-order valence-electron chi connectivity index (χ1n) is 13.1. The molecule has 0 saturated carbocycles. The van der Waals surface area contributed by atoms with E-state index in [1.54, 1.807) is 24.3 Å². The van der Waals surface area contributed by atoms with E-state index < -0.39 is 12.0 Å². The second kappa shape index (κ2) is 12.0. The van der Waals surface area contributed by atoms with Gasteiger partial charge < -0.3 is 30.6 Å². The van der Waals surface area contributed by atoms with E-state index in [4.69, 9.17) is 15.2 Å². The van der Waals surface area contributed by atoms with Crippen molar-refractivity contribution in [3.8, 4) is 17.2 Å². The highest BCUT2D eigenvalue weighted by molar-refractivity contribution is 6.10. The molecule has 0 radical (unpaired) electrons. The first-order valence-corrected chi connectivity index (χ1v) is 13.1. The second-order valence-electron chi connectivity index (χ2n) is 9.92. The lowest BCUT2D eigenvalue weighted by atomic mass is 10.0. The number of carbonyl (C=O) groups is 1. The monoisotopic (exact) mass is 523 g/mol. The number of hydrogen-bond donors (Lipinski definition) is 4. The maximum atomic E-state index is 11.2. The van der Waals surface area contributed by atoms with Crippen LogP contribution < -0.4 is 20.5 Å². The summed E-state index contributed by atoms with van der Waals surface area (Å²) in [6, 6.07) is 28.8. The molecule has 2 atom stereocenters. The number of carbonyl (C=O) groups excluding carboxylic acids is 1. The summed E-state index contributed by atoms with van der Waals surface area (Å²) < 4.78 is 11.9. The Kier molecular flexibility index (Phi) is 8.10. The molecule has 1 amide bonds. The number of fused-ring (bicyclic) bond motifs is 3. The fourth-order valence-electron chi connectivity index (χ4n) is 4.72. The number of benzene rings is 4. The van der Waals surface area contributed by atoms with Crippen LogP contribution in [-0.4, -0.2) is 41.8 Å². The smallest absolute Gasteiger partial charge is 0.248 e. The van der Waals surface area contributed by atoms with E-state index in [0.717, 1.165) is 46.3 Å². The minimum atomic E-state index is -0.619. The van der Waals surface area contributed by atoms with Gasteiger partial charge in [-0.05, 0) is 79.0 Å². The maximum absolute atomic E-state index is 11.2. The van der Waals surface area contributed by atoms with Gasteiger partial charge in [0.25, 0.3) is 0 Å². The molecule has 39 heavy (non-hydrogen) atoms. The van der Waals surface area contributed by atoms with Gasteiger partial charge in [0.1, 0.15) is 30.0 Å². The van der Waals surface area contributed by atoms with Gasteiger partial charge in [0.05, 0.1) is 5.52 Å². The Morgan fingerprint density at radius 1 is 0.897 bits per heavy atom. The minimum absolute atomic E-state index is 0.215. The first kappa shape index (κ1) is 26.3. The number of amides is 1. The van der Waals surface area contributed by atoms with Gasteiger partial charge in [0, 0.05) is 28.4 Å². The van der Waals surface area contributed by atoms with Gasteiger partial charge in [-0.25, -0.2) is 0 Å². The summed E-state index contributed by atoms with van der Waals surface area (Å²) in [6.07, 6.45) is 0.279. The number of ether oxygens (including phenoxy) is 2. The summed E-state index contributed by atoms with van der Waals surface area (Å²) in [6.45, 7) is 3.63. The Hall–Kier alpha value is -4.33. The van der Waals surface area contributed by atoms with Gasteiger partial charge in [-0.1, -0.05) is 43.3 Å². The predicted octanol–water partition coefficient (Wildman–Crippen LogP) is 5.42. The highest BCUT2D eigenvalue weighted by Crippen LogP contribution is 2.33. The molecule has 0 fully saturated rings. The number of aliphatic hydroxyl groups excluding tert-OH is 1. The van der Waals surface area contributed by atoms with Gasteiger partial charge in [-0.15, -0.1) is 0 Å². The van der Waals surface area contributed by atoms with Crippen LogP contribution in [0.4, 0.5) is 0 Å². The average Bonchev–Trinajstić information content (AvgIpc) is 3.33. The number of para-hydroxylation sites is 1. The summed E-state index contributed by atoms with van der Waals surface area (Å²) in [5, 5.41) is 16.0. The highest BCUT2D eigenvalue weighted by atomic mass is 16.5. The molecule has 5 aromatic rings. The normalized spacial score (nSPS) is 12.9. The summed E-state index contributed by atoms with van der Waals surface area (Å²) in [4.78, 5) is 14.6. The number of aromatic nitrogens is 1. The lowest BCUT2D eigenvalue weighted by Gasteiger charge is -2.17. The quantitative estimate of drug-likeness (QED) is 0.175. The predicted molar refractivity (Wildman–Crippen MR) is 155 cm³/mol. The number of nitrogens with two attached hydrogens (primary N) is 1. The van der Waals surface area contributed by atoms with Crippen molar-refractivity contribution >= 4 is 27.7 Å². The lowest BCUT2D eigenvalue weighted by molar-refractivity contribution is 0.1000. The van der Waals surface area contributed by atoms with Gasteiger partial charge in [-0.3, -0.25) is 4.79 Å². The van der Waals surface area contributed by atoms with Gasteiger partial charge >= 0.3 is 0 Å². The Morgan fingerprint density at radius 2 is 1.59 bits per heavy atom. The summed E-state index contributed by atoms with van der Waals surface area (Å²) in [5.41, 5.74) is 9.02. The topological polar surface area (TPSA) is 110 Å². The van der Waals surface area contributed by atoms with E-state index in [0.29, 0.717) is 23.8 Å². The fourth-order valence-corrected chi connectivity index (χ4v) is 4.72. The van der Waals surface area contributed by atoms with Crippen molar-refractivity contribution in [1.29, 1.82) is 0 Å². The number of nitrogens with one attached hydrogen (secondary N) is 2. The molecule has 4 aromatic carbocycles. The standard InChI is InChI=1S/C32H33N3O4/c1-21(17-22-9-13-25(14-10-22)39-26-15-11-23(12-16-26)32(33)37)18-34-19-24(36)20-38-30-8-4-7-29-31(30)27-5-2-3-6-28(27)35-29/h2-16,21,24,34-36H,17-20H2,1H3,(H2,33,37). The molecule has 5 rings (SSSR count). The van der Waals surface area contributed by atoms with E-state index in [1.165, 1.54) is 5.56 Å². The average molecular weight is 524 g/mol. The Bertz CT molecular complexity index is 1540. The Labute approximate surface area is 227 Å². The molecule has 200 valence electrons. The van der Waals surface area contributed by atoms with Crippen LogP contribution in [0.2, 0.25) is 0 Å². The Morgan fingerprint density at radius 3 is 2.33 bits per heavy atom. The molecule has 0 aliphatic rings. The van der Waals surface area contributed by atoms with Crippen molar-refractivity contribution in [3.63, 3.8) is 0 Å². The van der Waals surface area contributed by atoms with Gasteiger partial charge in [-0.2, -0.15) is 0 Å². The second-order valence-corrected chi connectivity index (χ2v) is 9.92. The molecular formula is C32H33N3O4. The van der Waals surface area contributed by atoms with Crippen molar-refractivity contribution < 1.29 is 19.4 Å².